The number of hydrogen-bond acceptors (Lipinski definition) is 2. The van der Waals surface area contributed by atoms with Gasteiger partial charge in [0.05, 0.1) is 4.99 Å². The lowest BCUT2D eigenvalue weighted by Gasteiger charge is -2.15. The van der Waals surface area contributed by atoms with Crippen LogP contribution in [0.2, 0.25) is 0 Å². The highest BCUT2D eigenvalue weighted by Crippen LogP contribution is 2.21. The quantitative estimate of drug-likeness (QED) is 0.853. The van der Waals surface area contributed by atoms with E-state index in [1.807, 2.05) is 0 Å². The molecule has 1 aliphatic rings. The summed E-state index contributed by atoms with van der Waals surface area (Å²) in [5.74, 6) is 0.668. The summed E-state index contributed by atoms with van der Waals surface area (Å²) in [4.78, 5) is 3.14. The van der Waals surface area contributed by atoms with Gasteiger partial charge in [-0.05, 0) is 24.4 Å². The molecular formula is C13H19ClN2S. The highest BCUT2D eigenvalue weighted by atomic mass is 35.5. The maximum atomic E-state index is 5.58. The van der Waals surface area contributed by atoms with Gasteiger partial charge in [-0.1, -0.05) is 42.5 Å². The van der Waals surface area contributed by atoms with Gasteiger partial charge in [0.1, 0.15) is 0 Å². The highest BCUT2D eigenvalue weighted by Gasteiger charge is 2.22. The number of halogens is 1. The van der Waals surface area contributed by atoms with Gasteiger partial charge in [0.25, 0.3) is 0 Å². The van der Waals surface area contributed by atoms with Crippen LogP contribution in [0.1, 0.15) is 18.4 Å². The molecule has 1 fully saturated rings. The summed E-state index contributed by atoms with van der Waals surface area (Å²) in [6.45, 7) is 3.35. The van der Waals surface area contributed by atoms with E-state index in [1.54, 1.807) is 0 Å². The molecule has 0 aromatic heterocycles. The molecule has 0 saturated carbocycles. The summed E-state index contributed by atoms with van der Waals surface area (Å²) < 4.78 is 0. The summed E-state index contributed by atoms with van der Waals surface area (Å²) in [6.07, 6.45) is 2.13. The van der Waals surface area contributed by atoms with Crippen molar-refractivity contribution < 1.29 is 0 Å². The Bertz CT molecular complexity index is 356. The van der Waals surface area contributed by atoms with Crippen molar-refractivity contribution in [2.24, 2.45) is 11.7 Å². The van der Waals surface area contributed by atoms with E-state index in [0.29, 0.717) is 10.9 Å². The van der Waals surface area contributed by atoms with Gasteiger partial charge in [-0.3, -0.25) is 4.90 Å². The van der Waals surface area contributed by atoms with Crippen molar-refractivity contribution in [2.75, 3.05) is 13.1 Å². The average molecular weight is 271 g/mol. The molecule has 1 saturated heterocycles. The molecule has 0 spiro atoms. The summed E-state index contributed by atoms with van der Waals surface area (Å²) >= 11 is 4.96. The van der Waals surface area contributed by atoms with Gasteiger partial charge in [-0.15, -0.1) is 12.4 Å². The topological polar surface area (TPSA) is 29.3 Å². The maximum Gasteiger partial charge on any atom is 0.0730 e. The number of benzene rings is 1. The van der Waals surface area contributed by atoms with E-state index in [-0.39, 0.29) is 12.4 Å². The summed E-state index contributed by atoms with van der Waals surface area (Å²) in [7, 11) is 0. The number of hydrogen-bond donors (Lipinski definition) is 1. The third-order valence-electron chi connectivity index (χ3n) is 3.11. The first-order valence-electron chi connectivity index (χ1n) is 5.78. The summed E-state index contributed by atoms with van der Waals surface area (Å²) in [5, 5.41) is 0. The Hall–Kier alpha value is -0.640. The van der Waals surface area contributed by atoms with Crippen LogP contribution in [0.25, 0.3) is 0 Å². The number of rotatable bonds is 4. The van der Waals surface area contributed by atoms with E-state index in [1.165, 1.54) is 18.5 Å². The van der Waals surface area contributed by atoms with Crippen LogP contribution >= 0.6 is 24.6 Å². The number of likely N-dealkylation sites (tertiary alicyclic amines) is 1. The second kappa shape index (κ2) is 6.94. The molecule has 17 heavy (non-hydrogen) atoms. The van der Waals surface area contributed by atoms with Gasteiger partial charge >= 0.3 is 0 Å². The van der Waals surface area contributed by atoms with Gasteiger partial charge in [0.15, 0.2) is 0 Å². The lowest BCUT2D eigenvalue weighted by molar-refractivity contribution is 0.318. The molecule has 1 unspecified atom stereocenters. The molecule has 94 valence electrons. The van der Waals surface area contributed by atoms with Gasteiger partial charge in [0.2, 0.25) is 0 Å². The van der Waals surface area contributed by atoms with Crippen LogP contribution in [0, 0.1) is 5.92 Å². The van der Waals surface area contributed by atoms with Crippen molar-refractivity contribution in [1.29, 1.82) is 0 Å². The molecule has 2 nitrogen and oxygen atoms in total. The first kappa shape index (κ1) is 14.4. The van der Waals surface area contributed by atoms with Crippen molar-refractivity contribution in [2.45, 2.75) is 19.4 Å². The molecule has 0 aliphatic carbocycles. The Morgan fingerprint density at radius 2 is 2.06 bits per heavy atom. The fourth-order valence-corrected chi connectivity index (χ4v) is 2.58. The van der Waals surface area contributed by atoms with E-state index < -0.39 is 0 Å². The maximum absolute atomic E-state index is 5.58. The van der Waals surface area contributed by atoms with Crippen LogP contribution in [0.15, 0.2) is 30.3 Å². The molecular weight excluding hydrogens is 252 g/mol. The van der Waals surface area contributed by atoms with Gasteiger partial charge in [0, 0.05) is 19.5 Å². The fraction of sp³-hybridized carbons (Fsp3) is 0.462. The fourth-order valence-electron chi connectivity index (χ4n) is 2.35. The molecule has 0 bridgehead atoms. The second-order valence-electron chi connectivity index (χ2n) is 4.55. The normalized spacial score (nSPS) is 19.9. The van der Waals surface area contributed by atoms with Crippen LogP contribution in [-0.4, -0.2) is 23.0 Å². The molecule has 2 N–H and O–H groups in total. The largest absolute Gasteiger partial charge is 0.393 e. The third-order valence-corrected chi connectivity index (χ3v) is 3.28. The van der Waals surface area contributed by atoms with E-state index in [0.717, 1.165) is 19.5 Å². The molecule has 1 atom stereocenters. The lowest BCUT2D eigenvalue weighted by atomic mass is 10.1. The van der Waals surface area contributed by atoms with Crippen LogP contribution < -0.4 is 5.73 Å². The third kappa shape index (κ3) is 4.62. The van der Waals surface area contributed by atoms with Crippen molar-refractivity contribution in [1.82, 2.24) is 4.90 Å². The second-order valence-corrected chi connectivity index (χ2v) is 5.07. The van der Waals surface area contributed by atoms with Crippen LogP contribution in [0.3, 0.4) is 0 Å². The van der Waals surface area contributed by atoms with Gasteiger partial charge in [-0.25, -0.2) is 0 Å². The number of thiocarbonyl (C=S) groups is 1. The number of nitrogens with two attached hydrogens (primary N) is 1. The first-order chi connectivity index (χ1) is 7.74. The first-order valence-corrected chi connectivity index (χ1v) is 6.19. The van der Waals surface area contributed by atoms with E-state index >= 15 is 0 Å². The van der Waals surface area contributed by atoms with Crippen LogP contribution in [0.5, 0.6) is 0 Å². The minimum Gasteiger partial charge on any atom is -0.393 e. The summed E-state index contributed by atoms with van der Waals surface area (Å²) in [5.41, 5.74) is 6.97. The van der Waals surface area contributed by atoms with E-state index in [2.05, 4.69) is 35.2 Å². The smallest absolute Gasteiger partial charge is 0.0730 e. The van der Waals surface area contributed by atoms with Crippen molar-refractivity contribution in [3.63, 3.8) is 0 Å². The zero-order valence-electron chi connectivity index (χ0n) is 9.84. The van der Waals surface area contributed by atoms with Crippen molar-refractivity contribution >= 4 is 29.6 Å². The van der Waals surface area contributed by atoms with Crippen LogP contribution in [-0.2, 0) is 6.54 Å². The van der Waals surface area contributed by atoms with Gasteiger partial charge in [-0.2, -0.15) is 0 Å². The molecule has 2 rings (SSSR count). The van der Waals surface area contributed by atoms with Gasteiger partial charge < -0.3 is 5.73 Å². The highest BCUT2D eigenvalue weighted by molar-refractivity contribution is 7.80. The molecule has 1 aliphatic heterocycles. The molecule has 1 aromatic rings. The lowest BCUT2D eigenvalue weighted by Crippen LogP contribution is -2.21. The van der Waals surface area contributed by atoms with E-state index in [4.69, 9.17) is 18.0 Å². The Labute approximate surface area is 115 Å². The zero-order valence-corrected chi connectivity index (χ0v) is 11.5. The monoisotopic (exact) mass is 270 g/mol. The zero-order chi connectivity index (χ0) is 11.4. The minimum absolute atomic E-state index is 0. The Morgan fingerprint density at radius 1 is 1.35 bits per heavy atom. The van der Waals surface area contributed by atoms with Crippen molar-refractivity contribution in [3.8, 4) is 0 Å². The van der Waals surface area contributed by atoms with Crippen LogP contribution in [0.4, 0.5) is 0 Å². The molecule has 1 aromatic carbocycles. The Morgan fingerprint density at radius 3 is 2.71 bits per heavy atom. The van der Waals surface area contributed by atoms with E-state index in [9.17, 15) is 0 Å². The average Bonchev–Trinajstić information content (AvgIpc) is 2.66. The molecule has 1 heterocycles. The Balaban J connectivity index is 0.00000144. The standard InChI is InChI=1S/C13H18N2S.ClH/c14-13(16)8-12-6-7-15(10-12)9-11-4-2-1-3-5-11;/h1-5,12H,6-10H2,(H2,14,16);1H. The molecule has 0 amide bonds. The molecule has 0 radical (unpaired) electrons. The summed E-state index contributed by atoms with van der Waals surface area (Å²) in [6, 6.07) is 10.6. The number of nitrogens with zero attached hydrogens (tertiary/aromatic N) is 1. The molecule has 4 heteroatoms. The predicted octanol–water partition coefficient (Wildman–Crippen LogP) is 2.61. The minimum atomic E-state index is 0. The SMILES string of the molecule is Cl.NC(=S)CC1CCN(Cc2ccccc2)C1. The predicted molar refractivity (Wildman–Crippen MR) is 78.5 cm³/mol. The Kier molecular flexibility index (Phi) is 5.89. The van der Waals surface area contributed by atoms with Crippen molar-refractivity contribution in [3.05, 3.63) is 35.9 Å².